The number of nitrogens with zero attached hydrogens (tertiary/aromatic N) is 1. The maximum atomic E-state index is 12.1. The largest absolute Gasteiger partial charge is 0.388 e. The Morgan fingerprint density at radius 3 is 2.46 bits per heavy atom. The number of benzene rings is 2. The van der Waals surface area contributed by atoms with Crippen LogP contribution in [0.1, 0.15) is 23.6 Å². The topological polar surface area (TPSA) is 93.5 Å². The van der Waals surface area contributed by atoms with Crippen molar-refractivity contribution in [2.75, 3.05) is 0 Å². The summed E-state index contributed by atoms with van der Waals surface area (Å²) in [5.41, 5.74) is 14.7. The molecule has 24 heavy (non-hydrogen) atoms. The van der Waals surface area contributed by atoms with Crippen molar-refractivity contribution in [3.8, 4) is 0 Å². The molecule has 2 aromatic rings. The second-order valence-electron chi connectivity index (χ2n) is 5.79. The lowest BCUT2D eigenvalue weighted by Gasteiger charge is -2.13. The maximum absolute atomic E-state index is 12.1. The maximum Gasteiger partial charge on any atom is 0.237 e. The minimum Gasteiger partial charge on any atom is -0.388 e. The number of nitrogens with two attached hydrogens (primary N) is 2. The van der Waals surface area contributed by atoms with Crippen molar-refractivity contribution in [2.45, 2.75) is 32.5 Å². The van der Waals surface area contributed by atoms with Gasteiger partial charge in [-0.1, -0.05) is 54.6 Å². The Labute approximate surface area is 142 Å². The van der Waals surface area contributed by atoms with Crippen molar-refractivity contribution in [3.63, 3.8) is 0 Å². The van der Waals surface area contributed by atoms with Gasteiger partial charge in [-0.25, -0.2) is 0 Å². The number of amidine groups is 1. The molecule has 1 atom stereocenters. The smallest absolute Gasteiger partial charge is 0.237 e. The van der Waals surface area contributed by atoms with Crippen LogP contribution in [0.3, 0.4) is 0 Å². The Bertz CT molecular complexity index is 694. The fraction of sp³-hybridized carbons (Fsp3) is 0.263. The molecule has 0 spiro atoms. The van der Waals surface area contributed by atoms with Crippen LogP contribution in [-0.4, -0.2) is 17.8 Å². The van der Waals surface area contributed by atoms with Crippen LogP contribution >= 0.6 is 0 Å². The van der Waals surface area contributed by atoms with Gasteiger partial charge in [0.1, 0.15) is 0 Å². The number of carbonyl (C=O) groups is 1. The van der Waals surface area contributed by atoms with Gasteiger partial charge in [0.2, 0.25) is 5.91 Å². The molecule has 2 rings (SSSR count). The Balaban J connectivity index is 1.87. The number of rotatable bonds is 7. The quantitative estimate of drug-likeness (QED) is 0.535. The highest BCUT2D eigenvalue weighted by Gasteiger charge is 2.13. The van der Waals surface area contributed by atoms with Crippen LogP contribution in [0.5, 0.6) is 0 Å². The van der Waals surface area contributed by atoms with E-state index in [0.29, 0.717) is 25.3 Å². The molecule has 0 radical (unpaired) electrons. The monoisotopic (exact) mass is 324 g/mol. The summed E-state index contributed by atoms with van der Waals surface area (Å²) in [7, 11) is 0. The Morgan fingerprint density at radius 1 is 1.08 bits per heavy atom. The Kier molecular flexibility index (Phi) is 6.51. The van der Waals surface area contributed by atoms with Crippen LogP contribution in [0.25, 0.3) is 0 Å². The first-order valence-corrected chi connectivity index (χ1v) is 7.96. The molecule has 5 N–H and O–H groups in total. The molecule has 5 nitrogen and oxygen atoms in total. The molecule has 0 heterocycles. The molecule has 0 aliphatic rings. The van der Waals surface area contributed by atoms with Crippen molar-refractivity contribution >= 4 is 11.7 Å². The predicted molar refractivity (Wildman–Crippen MR) is 97.4 cm³/mol. The lowest BCUT2D eigenvalue weighted by molar-refractivity contribution is -0.122. The Morgan fingerprint density at radius 2 is 1.75 bits per heavy atom. The van der Waals surface area contributed by atoms with Crippen molar-refractivity contribution in [1.29, 1.82) is 0 Å². The summed E-state index contributed by atoms with van der Waals surface area (Å²) in [6, 6.07) is 17.1. The summed E-state index contributed by atoms with van der Waals surface area (Å²) in [5.74, 6) is 0.403. The van der Waals surface area contributed by atoms with E-state index in [-0.39, 0.29) is 5.91 Å². The molecule has 0 unspecified atom stereocenters. The van der Waals surface area contributed by atoms with Gasteiger partial charge in [-0.05, 0) is 30.0 Å². The van der Waals surface area contributed by atoms with Gasteiger partial charge in [0, 0.05) is 6.54 Å². The summed E-state index contributed by atoms with van der Waals surface area (Å²) in [6.07, 6.45) is 0.525. The zero-order valence-electron chi connectivity index (χ0n) is 13.9. The second-order valence-corrected chi connectivity index (χ2v) is 5.79. The van der Waals surface area contributed by atoms with E-state index in [2.05, 4.69) is 10.3 Å². The summed E-state index contributed by atoms with van der Waals surface area (Å²) in [4.78, 5) is 16.3. The number of hydrogen-bond donors (Lipinski definition) is 3. The average molecular weight is 324 g/mol. The number of hydrogen-bond acceptors (Lipinski definition) is 3. The molecule has 126 valence electrons. The predicted octanol–water partition coefficient (Wildman–Crippen LogP) is 1.75. The van der Waals surface area contributed by atoms with E-state index in [1.54, 1.807) is 6.92 Å². The van der Waals surface area contributed by atoms with E-state index in [4.69, 9.17) is 11.5 Å². The van der Waals surface area contributed by atoms with Gasteiger partial charge in [0.25, 0.3) is 0 Å². The third-order valence-electron chi connectivity index (χ3n) is 3.60. The molecule has 0 aliphatic heterocycles. The van der Waals surface area contributed by atoms with E-state index >= 15 is 0 Å². The standard InChI is InChI=1S/C19H24N4O/c1-14(20)22-12-16-8-5-9-17(10-16)13-23-19(24)18(21)11-15-6-3-2-4-7-15/h2-10,18H,11-13,21H2,1H3,(H2,20,22)(H,23,24)/t18-/m0/s1. The van der Waals surface area contributed by atoms with Gasteiger partial charge in [-0.3, -0.25) is 9.79 Å². The molecule has 1 amide bonds. The molecule has 0 fully saturated rings. The highest BCUT2D eigenvalue weighted by atomic mass is 16.2. The molecule has 0 bridgehead atoms. The average Bonchev–Trinajstić information content (AvgIpc) is 2.59. The second kappa shape index (κ2) is 8.84. The summed E-state index contributed by atoms with van der Waals surface area (Å²) in [5, 5.41) is 2.89. The van der Waals surface area contributed by atoms with E-state index in [1.165, 1.54) is 0 Å². The van der Waals surface area contributed by atoms with Crippen LogP contribution in [0, 0.1) is 0 Å². The minimum absolute atomic E-state index is 0.153. The molecule has 5 heteroatoms. The van der Waals surface area contributed by atoms with Crippen LogP contribution < -0.4 is 16.8 Å². The van der Waals surface area contributed by atoms with E-state index < -0.39 is 6.04 Å². The van der Waals surface area contributed by atoms with Crippen molar-refractivity contribution in [3.05, 3.63) is 71.3 Å². The third kappa shape index (κ3) is 5.85. The van der Waals surface area contributed by atoms with Crippen molar-refractivity contribution < 1.29 is 4.79 Å². The summed E-state index contributed by atoms with van der Waals surface area (Å²) < 4.78 is 0. The zero-order chi connectivity index (χ0) is 17.4. The molecule has 0 aromatic heterocycles. The molecule has 0 aliphatic carbocycles. The molecule has 2 aromatic carbocycles. The van der Waals surface area contributed by atoms with Gasteiger partial charge >= 0.3 is 0 Å². The number of carbonyl (C=O) groups excluding carboxylic acids is 1. The van der Waals surface area contributed by atoms with Crippen molar-refractivity contribution in [1.82, 2.24) is 5.32 Å². The minimum atomic E-state index is -0.555. The highest BCUT2D eigenvalue weighted by Crippen LogP contribution is 2.07. The van der Waals surface area contributed by atoms with Gasteiger partial charge < -0.3 is 16.8 Å². The SMILES string of the molecule is CC(N)=NCc1cccc(CNC(=O)[C@@H](N)Cc2ccccc2)c1. The fourth-order valence-electron chi connectivity index (χ4n) is 2.33. The Hall–Kier alpha value is -2.66. The van der Waals surface area contributed by atoms with E-state index in [9.17, 15) is 4.79 Å². The van der Waals surface area contributed by atoms with Crippen molar-refractivity contribution in [2.24, 2.45) is 16.5 Å². The number of nitrogens with one attached hydrogen (secondary N) is 1. The van der Waals surface area contributed by atoms with Crippen LogP contribution in [-0.2, 0) is 24.3 Å². The normalized spacial score (nSPS) is 12.7. The molecular formula is C19H24N4O. The van der Waals surface area contributed by atoms with Gasteiger partial charge in [-0.2, -0.15) is 0 Å². The van der Waals surface area contributed by atoms with Crippen LogP contribution in [0.2, 0.25) is 0 Å². The first-order chi connectivity index (χ1) is 11.5. The van der Waals surface area contributed by atoms with E-state index in [1.807, 2.05) is 54.6 Å². The highest BCUT2D eigenvalue weighted by molar-refractivity contribution is 5.81. The zero-order valence-corrected chi connectivity index (χ0v) is 13.9. The summed E-state index contributed by atoms with van der Waals surface area (Å²) in [6.45, 7) is 2.75. The summed E-state index contributed by atoms with van der Waals surface area (Å²) >= 11 is 0. The number of amides is 1. The van der Waals surface area contributed by atoms with Gasteiger partial charge in [0.05, 0.1) is 18.4 Å². The van der Waals surface area contributed by atoms with Gasteiger partial charge in [0.15, 0.2) is 0 Å². The van der Waals surface area contributed by atoms with Gasteiger partial charge in [-0.15, -0.1) is 0 Å². The van der Waals surface area contributed by atoms with Crippen LogP contribution in [0.15, 0.2) is 59.6 Å². The first kappa shape index (κ1) is 17.7. The molecular weight excluding hydrogens is 300 g/mol. The number of aliphatic imine (C=N–C) groups is 1. The van der Waals surface area contributed by atoms with Crippen LogP contribution in [0.4, 0.5) is 0 Å². The molecule has 0 saturated heterocycles. The first-order valence-electron chi connectivity index (χ1n) is 7.96. The lowest BCUT2D eigenvalue weighted by atomic mass is 10.1. The molecule has 0 saturated carbocycles. The fourth-order valence-corrected chi connectivity index (χ4v) is 2.33. The lowest BCUT2D eigenvalue weighted by Crippen LogP contribution is -2.41. The van der Waals surface area contributed by atoms with E-state index in [0.717, 1.165) is 16.7 Å². The third-order valence-corrected chi connectivity index (χ3v) is 3.60.